The molecule has 1 rings (SSSR count). The fourth-order valence-corrected chi connectivity index (χ4v) is 2.21. The molecule has 0 saturated carbocycles. The Balaban J connectivity index is 2.04. The molecule has 1 fully saturated rings. The van der Waals surface area contributed by atoms with Crippen LogP contribution in [0.2, 0.25) is 0 Å². The van der Waals surface area contributed by atoms with Crippen molar-refractivity contribution in [2.75, 3.05) is 24.9 Å². The third kappa shape index (κ3) is 7.47. The second-order valence-corrected chi connectivity index (χ2v) is 6.54. The standard InChI is InChI=1S/C13H24N2O4S/c1-13(2,3)19-11(16)14-9-20-10-18-12(17)15-7-5-4-6-8-15/h4-10H2,1-3H3,(H,14,16). The first kappa shape index (κ1) is 16.9. The Bertz CT molecular complexity index is 325. The minimum Gasteiger partial charge on any atom is -0.444 e. The Kier molecular flexibility index (Phi) is 6.98. The van der Waals surface area contributed by atoms with Crippen LogP contribution in [0.25, 0.3) is 0 Å². The van der Waals surface area contributed by atoms with Crippen molar-refractivity contribution >= 4 is 23.9 Å². The SMILES string of the molecule is CC(C)(C)OC(=O)NCSCOC(=O)N1CCCCC1. The van der Waals surface area contributed by atoms with Crippen molar-refractivity contribution < 1.29 is 19.1 Å². The Hall–Kier alpha value is -1.11. The highest BCUT2D eigenvalue weighted by molar-refractivity contribution is 7.99. The van der Waals surface area contributed by atoms with Gasteiger partial charge in [-0.15, -0.1) is 0 Å². The third-order valence-corrected chi connectivity index (χ3v) is 3.23. The molecule has 0 bridgehead atoms. The maximum absolute atomic E-state index is 11.7. The molecular weight excluding hydrogens is 280 g/mol. The summed E-state index contributed by atoms with van der Waals surface area (Å²) in [4.78, 5) is 24.7. The number of ether oxygens (including phenoxy) is 2. The molecular formula is C13H24N2O4S. The first-order valence-electron chi connectivity index (χ1n) is 6.85. The number of carbonyl (C=O) groups excluding carboxylic acids is 2. The van der Waals surface area contributed by atoms with E-state index in [4.69, 9.17) is 9.47 Å². The Morgan fingerprint density at radius 3 is 2.45 bits per heavy atom. The first-order chi connectivity index (χ1) is 9.38. The van der Waals surface area contributed by atoms with E-state index in [1.807, 2.05) is 0 Å². The molecule has 2 amide bonds. The number of thioether (sulfide) groups is 1. The highest BCUT2D eigenvalue weighted by Crippen LogP contribution is 2.11. The van der Waals surface area contributed by atoms with Crippen molar-refractivity contribution in [1.29, 1.82) is 0 Å². The van der Waals surface area contributed by atoms with Gasteiger partial charge in [-0.3, -0.25) is 0 Å². The van der Waals surface area contributed by atoms with Crippen molar-refractivity contribution in [3.8, 4) is 0 Å². The molecule has 1 aliphatic rings. The van der Waals surface area contributed by atoms with E-state index in [1.54, 1.807) is 25.7 Å². The molecule has 6 nitrogen and oxygen atoms in total. The number of nitrogens with zero attached hydrogens (tertiary/aromatic N) is 1. The van der Waals surface area contributed by atoms with E-state index in [0.717, 1.165) is 25.9 Å². The molecule has 116 valence electrons. The Labute approximate surface area is 124 Å². The van der Waals surface area contributed by atoms with Crippen LogP contribution >= 0.6 is 11.8 Å². The van der Waals surface area contributed by atoms with E-state index < -0.39 is 11.7 Å². The van der Waals surface area contributed by atoms with E-state index in [9.17, 15) is 9.59 Å². The van der Waals surface area contributed by atoms with E-state index >= 15 is 0 Å². The van der Waals surface area contributed by atoms with Crippen molar-refractivity contribution in [3.63, 3.8) is 0 Å². The molecule has 0 aromatic carbocycles. The fraction of sp³-hybridized carbons (Fsp3) is 0.846. The lowest BCUT2D eigenvalue weighted by molar-refractivity contribution is 0.0538. The topological polar surface area (TPSA) is 67.9 Å². The van der Waals surface area contributed by atoms with E-state index in [-0.39, 0.29) is 12.0 Å². The highest BCUT2D eigenvalue weighted by Gasteiger charge is 2.18. The summed E-state index contributed by atoms with van der Waals surface area (Å²) in [7, 11) is 0. The average Bonchev–Trinajstić information content (AvgIpc) is 2.37. The zero-order chi connectivity index (χ0) is 15.0. The number of alkyl carbamates (subject to hydrolysis) is 1. The summed E-state index contributed by atoms with van der Waals surface area (Å²) in [5, 5.41) is 2.59. The second-order valence-electron chi connectivity index (χ2n) is 5.60. The van der Waals surface area contributed by atoms with Gasteiger partial charge in [0.2, 0.25) is 0 Å². The van der Waals surface area contributed by atoms with Gasteiger partial charge in [0, 0.05) is 13.1 Å². The number of carbonyl (C=O) groups is 2. The van der Waals surface area contributed by atoms with E-state index in [0.29, 0.717) is 5.88 Å². The summed E-state index contributed by atoms with van der Waals surface area (Å²) >= 11 is 1.32. The van der Waals surface area contributed by atoms with Gasteiger partial charge in [0.15, 0.2) is 0 Å². The van der Waals surface area contributed by atoms with Crippen LogP contribution in [-0.2, 0) is 9.47 Å². The predicted octanol–water partition coefficient (Wildman–Crippen LogP) is 2.78. The van der Waals surface area contributed by atoms with Crippen LogP contribution in [0.1, 0.15) is 40.0 Å². The van der Waals surface area contributed by atoms with Crippen molar-refractivity contribution in [2.45, 2.75) is 45.6 Å². The molecule has 0 radical (unpaired) electrons. The zero-order valence-electron chi connectivity index (χ0n) is 12.4. The molecule has 1 aliphatic heterocycles. The number of likely N-dealkylation sites (tertiary alicyclic amines) is 1. The van der Waals surface area contributed by atoms with Crippen LogP contribution in [0, 0.1) is 0 Å². The minimum absolute atomic E-state index is 0.227. The maximum Gasteiger partial charge on any atom is 0.410 e. The van der Waals surface area contributed by atoms with Crippen LogP contribution in [0.4, 0.5) is 9.59 Å². The lowest BCUT2D eigenvalue weighted by atomic mass is 10.1. The maximum atomic E-state index is 11.7. The number of nitrogens with one attached hydrogen (secondary N) is 1. The molecule has 7 heteroatoms. The van der Waals surface area contributed by atoms with Gasteiger partial charge in [-0.25, -0.2) is 9.59 Å². The summed E-state index contributed by atoms with van der Waals surface area (Å²) in [6.45, 7) is 6.97. The molecule has 20 heavy (non-hydrogen) atoms. The predicted molar refractivity (Wildman–Crippen MR) is 78.6 cm³/mol. The number of hydrogen-bond acceptors (Lipinski definition) is 5. The molecule has 1 N–H and O–H groups in total. The lowest BCUT2D eigenvalue weighted by Crippen LogP contribution is -2.36. The van der Waals surface area contributed by atoms with Crippen LogP contribution in [-0.4, -0.2) is 47.6 Å². The fourth-order valence-electron chi connectivity index (χ4n) is 1.73. The van der Waals surface area contributed by atoms with Crippen molar-refractivity contribution in [2.24, 2.45) is 0 Å². The van der Waals surface area contributed by atoms with E-state index in [1.165, 1.54) is 18.2 Å². The summed E-state index contributed by atoms with van der Waals surface area (Å²) in [6, 6.07) is 0. The van der Waals surface area contributed by atoms with Gasteiger partial charge >= 0.3 is 12.2 Å². The number of hydrogen-bond donors (Lipinski definition) is 1. The summed E-state index contributed by atoms with van der Waals surface area (Å²) in [5.41, 5.74) is -0.504. The average molecular weight is 304 g/mol. The van der Waals surface area contributed by atoms with Gasteiger partial charge in [-0.2, -0.15) is 0 Å². The highest BCUT2D eigenvalue weighted by atomic mass is 32.2. The molecule has 0 aliphatic carbocycles. The van der Waals surface area contributed by atoms with Gasteiger partial charge in [-0.05, 0) is 40.0 Å². The van der Waals surface area contributed by atoms with Gasteiger partial charge in [0.05, 0.1) is 5.88 Å². The first-order valence-corrected chi connectivity index (χ1v) is 8.00. The third-order valence-electron chi connectivity index (χ3n) is 2.60. The quantitative estimate of drug-likeness (QED) is 0.639. The number of amides is 2. The molecule has 1 saturated heterocycles. The zero-order valence-corrected chi connectivity index (χ0v) is 13.3. The number of piperidine rings is 1. The van der Waals surface area contributed by atoms with Gasteiger partial charge in [-0.1, -0.05) is 11.8 Å². The second kappa shape index (κ2) is 8.24. The van der Waals surface area contributed by atoms with Crippen LogP contribution in [0.3, 0.4) is 0 Å². The summed E-state index contributed by atoms with van der Waals surface area (Å²) in [5.74, 6) is 0.577. The molecule has 0 atom stereocenters. The Morgan fingerprint density at radius 1 is 1.20 bits per heavy atom. The molecule has 1 heterocycles. The van der Waals surface area contributed by atoms with Gasteiger partial charge in [0.25, 0.3) is 0 Å². The minimum atomic E-state index is -0.504. The molecule has 0 aromatic rings. The molecule has 0 unspecified atom stereocenters. The monoisotopic (exact) mass is 304 g/mol. The largest absolute Gasteiger partial charge is 0.444 e. The van der Waals surface area contributed by atoms with E-state index in [2.05, 4.69) is 5.32 Å². The normalized spacial score (nSPS) is 15.7. The van der Waals surface area contributed by atoms with Crippen LogP contribution < -0.4 is 5.32 Å². The number of rotatable bonds is 4. The van der Waals surface area contributed by atoms with Crippen LogP contribution in [0.5, 0.6) is 0 Å². The summed E-state index contributed by atoms with van der Waals surface area (Å²) in [6.07, 6.45) is 2.53. The van der Waals surface area contributed by atoms with Crippen molar-refractivity contribution in [1.82, 2.24) is 10.2 Å². The molecule has 0 aromatic heterocycles. The smallest absolute Gasteiger partial charge is 0.410 e. The molecule has 0 spiro atoms. The van der Waals surface area contributed by atoms with Gasteiger partial charge < -0.3 is 19.7 Å². The summed E-state index contributed by atoms with van der Waals surface area (Å²) < 4.78 is 10.2. The Morgan fingerprint density at radius 2 is 1.85 bits per heavy atom. The van der Waals surface area contributed by atoms with Gasteiger partial charge in [0.1, 0.15) is 11.5 Å². The van der Waals surface area contributed by atoms with Crippen LogP contribution in [0.15, 0.2) is 0 Å². The lowest BCUT2D eigenvalue weighted by Gasteiger charge is -2.25. The van der Waals surface area contributed by atoms with Crippen molar-refractivity contribution in [3.05, 3.63) is 0 Å².